The van der Waals surface area contributed by atoms with Crippen molar-refractivity contribution in [3.05, 3.63) is 0 Å². The average Bonchev–Trinajstić information content (AvgIpc) is 2.51. The summed E-state index contributed by atoms with van der Waals surface area (Å²) >= 11 is 0. The molecule has 0 aliphatic heterocycles. The molecule has 0 heterocycles. The maximum absolute atomic E-state index is 9.06. The van der Waals surface area contributed by atoms with E-state index in [1.807, 2.05) is 0 Å². The third-order valence-electron chi connectivity index (χ3n) is 4.14. The minimum Gasteiger partial charge on any atom is -0.394 e. The lowest BCUT2D eigenvalue weighted by molar-refractivity contribution is 0.114. The summed E-state index contributed by atoms with van der Waals surface area (Å²) in [5.41, 5.74) is 4.97. The van der Waals surface area contributed by atoms with Gasteiger partial charge >= 0.3 is 0 Å². The standard InChI is InChI=1S/C17H38N2O2/c1-2-3-4-5-6-7-8-9-10-11-13-19-14-12-17(18,15-20)16-21/h19-21H,2-16,18H2,1H3. The predicted molar refractivity (Wildman–Crippen MR) is 90.4 cm³/mol. The Morgan fingerprint density at radius 3 is 1.71 bits per heavy atom. The Bertz CT molecular complexity index is 209. The first-order valence-electron chi connectivity index (χ1n) is 8.90. The maximum atomic E-state index is 9.06. The fourth-order valence-corrected chi connectivity index (χ4v) is 2.41. The number of hydrogen-bond donors (Lipinski definition) is 4. The zero-order chi connectivity index (χ0) is 15.8. The van der Waals surface area contributed by atoms with Gasteiger partial charge in [-0.1, -0.05) is 64.7 Å². The number of aliphatic hydroxyl groups excluding tert-OH is 2. The minimum absolute atomic E-state index is 0.163. The first-order valence-corrected chi connectivity index (χ1v) is 8.90. The molecule has 128 valence electrons. The molecule has 0 amide bonds. The minimum atomic E-state index is -0.829. The molecule has 0 spiro atoms. The molecule has 0 fully saturated rings. The van der Waals surface area contributed by atoms with Crippen molar-refractivity contribution in [2.45, 2.75) is 83.1 Å². The zero-order valence-electron chi connectivity index (χ0n) is 14.1. The Labute approximate surface area is 131 Å². The van der Waals surface area contributed by atoms with Crippen molar-refractivity contribution in [3.8, 4) is 0 Å². The van der Waals surface area contributed by atoms with Gasteiger partial charge in [0.1, 0.15) is 0 Å². The highest BCUT2D eigenvalue weighted by Crippen LogP contribution is 2.10. The summed E-state index contributed by atoms with van der Waals surface area (Å²) in [6.07, 6.45) is 14.1. The molecule has 5 N–H and O–H groups in total. The highest BCUT2D eigenvalue weighted by Gasteiger charge is 2.21. The topological polar surface area (TPSA) is 78.5 Å². The van der Waals surface area contributed by atoms with E-state index in [0.29, 0.717) is 6.42 Å². The van der Waals surface area contributed by atoms with Crippen LogP contribution in [0.2, 0.25) is 0 Å². The van der Waals surface area contributed by atoms with Crippen LogP contribution in [-0.4, -0.2) is 42.1 Å². The Morgan fingerprint density at radius 1 is 0.762 bits per heavy atom. The van der Waals surface area contributed by atoms with Crippen LogP contribution in [-0.2, 0) is 0 Å². The normalized spacial score (nSPS) is 12.0. The summed E-state index contributed by atoms with van der Waals surface area (Å²) in [6, 6.07) is 0. The van der Waals surface area contributed by atoms with Crippen LogP contribution in [0.4, 0.5) is 0 Å². The fourth-order valence-electron chi connectivity index (χ4n) is 2.41. The molecular formula is C17H38N2O2. The average molecular weight is 303 g/mol. The number of hydrogen-bond acceptors (Lipinski definition) is 4. The van der Waals surface area contributed by atoms with Crippen molar-refractivity contribution in [3.63, 3.8) is 0 Å². The van der Waals surface area contributed by atoms with Crippen LogP contribution >= 0.6 is 0 Å². The van der Waals surface area contributed by atoms with Crippen molar-refractivity contribution in [1.82, 2.24) is 5.32 Å². The molecule has 4 heteroatoms. The van der Waals surface area contributed by atoms with Crippen LogP contribution in [0.3, 0.4) is 0 Å². The van der Waals surface area contributed by atoms with E-state index < -0.39 is 5.54 Å². The van der Waals surface area contributed by atoms with Crippen LogP contribution in [0, 0.1) is 0 Å². The van der Waals surface area contributed by atoms with Gasteiger partial charge in [0.25, 0.3) is 0 Å². The van der Waals surface area contributed by atoms with Crippen LogP contribution in [0.15, 0.2) is 0 Å². The third kappa shape index (κ3) is 13.2. The van der Waals surface area contributed by atoms with Gasteiger partial charge in [-0.3, -0.25) is 0 Å². The van der Waals surface area contributed by atoms with Crippen molar-refractivity contribution in [2.24, 2.45) is 5.73 Å². The molecule has 0 radical (unpaired) electrons. The monoisotopic (exact) mass is 302 g/mol. The van der Waals surface area contributed by atoms with Crippen molar-refractivity contribution < 1.29 is 10.2 Å². The van der Waals surface area contributed by atoms with E-state index >= 15 is 0 Å². The second kappa shape index (κ2) is 14.8. The van der Waals surface area contributed by atoms with E-state index in [-0.39, 0.29) is 13.2 Å². The number of nitrogens with one attached hydrogen (secondary N) is 1. The van der Waals surface area contributed by atoms with Gasteiger partial charge in [-0.15, -0.1) is 0 Å². The highest BCUT2D eigenvalue weighted by atomic mass is 16.3. The molecule has 0 aliphatic rings. The van der Waals surface area contributed by atoms with Crippen molar-refractivity contribution in [1.29, 1.82) is 0 Å². The summed E-state index contributed by atoms with van der Waals surface area (Å²) in [5.74, 6) is 0. The third-order valence-corrected chi connectivity index (χ3v) is 4.14. The highest BCUT2D eigenvalue weighted by molar-refractivity contribution is 4.82. The van der Waals surface area contributed by atoms with Gasteiger partial charge in [-0.25, -0.2) is 0 Å². The summed E-state index contributed by atoms with van der Waals surface area (Å²) in [4.78, 5) is 0. The molecule has 0 saturated carbocycles. The Morgan fingerprint density at radius 2 is 1.24 bits per heavy atom. The van der Waals surface area contributed by atoms with E-state index in [4.69, 9.17) is 15.9 Å². The molecule has 0 aromatic carbocycles. The van der Waals surface area contributed by atoms with Gasteiger partial charge in [0.05, 0.1) is 18.8 Å². The van der Waals surface area contributed by atoms with Gasteiger partial charge in [-0.05, 0) is 25.9 Å². The maximum Gasteiger partial charge on any atom is 0.0635 e. The molecular weight excluding hydrogens is 264 g/mol. The predicted octanol–water partition coefficient (Wildman–Crippen LogP) is 2.57. The number of nitrogens with two attached hydrogens (primary N) is 1. The second-order valence-corrected chi connectivity index (χ2v) is 6.36. The quantitative estimate of drug-likeness (QED) is 0.330. The molecule has 4 nitrogen and oxygen atoms in total. The first-order chi connectivity index (χ1) is 10.2. The lowest BCUT2D eigenvalue weighted by atomic mass is 9.99. The summed E-state index contributed by atoms with van der Waals surface area (Å²) in [7, 11) is 0. The molecule has 0 bridgehead atoms. The molecule has 0 aromatic heterocycles. The molecule has 0 atom stereocenters. The van der Waals surface area contributed by atoms with E-state index in [0.717, 1.165) is 13.1 Å². The lowest BCUT2D eigenvalue weighted by Crippen LogP contribution is -2.49. The molecule has 0 aromatic rings. The summed E-state index contributed by atoms with van der Waals surface area (Å²) in [6.45, 7) is 3.69. The van der Waals surface area contributed by atoms with E-state index in [1.54, 1.807) is 0 Å². The molecule has 0 rings (SSSR count). The van der Waals surface area contributed by atoms with Gasteiger partial charge < -0.3 is 21.3 Å². The van der Waals surface area contributed by atoms with Crippen LogP contribution < -0.4 is 11.1 Å². The van der Waals surface area contributed by atoms with Crippen LogP contribution in [0.5, 0.6) is 0 Å². The van der Waals surface area contributed by atoms with E-state index in [9.17, 15) is 0 Å². The van der Waals surface area contributed by atoms with Crippen LogP contribution in [0.25, 0.3) is 0 Å². The Kier molecular flexibility index (Phi) is 14.7. The van der Waals surface area contributed by atoms with Gasteiger partial charge in [0.15, 0.2) is 0 Å². The SMILES string of the molecule is CCCCCCCCCCCCNCCC(N)(CO)CO. The smallest absolute Gasteiger partial charge is 0.0635 e. The van der Waals surface area contributed by atoms with Crippen molar-refractivity contribution >= 4 is 0 Å². The summed E-state index contributed by atoms with van der Waals surface area (Å²) in [5, 5.41) is 21.5. The zero-order valence-corrected chi connectivity index (χ0v) is 14.1. The van der Waals surface area contributed by atoms with E-state index in [2.05, 4.69) is 12.2 Å². The Balaban J connectivity index is 3.16. The first kappa shape index (κ1) is 20.8. The number of rotatable bonds is 16. The molecule has 0 saturated heterocycles. The number of aliphatic hydroxyl groups is 2. The van der Waals surface area contributed by atoms with Crippen molar-refractivity contribution in [2.75, 3.05) is 26.3 Å². The largest absolute Gasteiger partial charge is 0.394 e. The Hall–Kier alpha value is -0.160. The fraction of sp³-hybridized carbons (Fsp3) is 1.00. The number of unbranched alkanes of at least 4 members (excludes halogenated alkanes) is 9. The van der Waals surface area contributed by atoms with Gasteiger partial charge in [0.2, 0.25) is 0 Å². The molecule has 0 aliphatic carbocycles. The molecule has 0 unspecified atom stereocenters. The van der Waals surface area contributed by atoms with Gasteiger partial charge in [0, 0.05) is 0 Å². The van der Waals surface area contributed by atoms with E-state index in [1.165, 1.54) is 64.2 Å². The summed E-state index contributed by atoms with van der Waals surface area (Å²) < 4.78 is 0. The van der Waals surface area contributed by atoms with Gasteiger partial charge in [-0.2, -0.15) is 0 Å². The van der Waals surface area contributed by atoms with Crippen LogP contribution in [0.1, 0.15) is 77.6 Å². The molecule has 21 heavy (non-hydrogen) atoms. The lowest BCUT2D eigenvalue weighted by Gasteiger charge is -2.24. The second-order valence-electron chi connectivity index (χ2n) is 6.36.